The summed E-state index contributed by atoms with van der Waals surface area (Å²) in [5, 5.41) is 10.3. The van der Waals surface area contributed by atoms with Gasteiger partial charge in [-0.1, -0.05) is 39.8 Å². The quantitative estimate of drug-likeness (QED) is 0.792. The number of phenols is 1. The topological polar surface area (TPSA) is 55.5 Å². The lowest BCUT2D eigenvalue weighted by Gasteiger charge is -2.23. The highest BCUT2D eigenvalue weighted by Gasteiger charge is 2.20. The maximum absolute atomic E-state index is 10.3. The average Bonchev–Trinajstić information content (AvgIpc) is 2.26. The predicted molar refractivity (Wildman–Crippen MR) is 70.0 cm³/mol. The fourth-order valence-corrected chi connectivity index (χ4v) is 1.90. The summed E-state index contributed by atoms with van der Waals surface area (Å²) in [4.78, 5) is 4.59. The van der Waals surface area contributed by atoms with Gasteiger partial charge in [-0.2, -0.15) is 0 Å². The molecular formula is C14H23NO2. The van der Waals surface area contributed by atoms with Gasteiger partial charge in [0.25, 0.3) is 0 Å². The van der Waals surface area contributed by atoms with Crippen LogP contribution in [0, 0.1) is 0 Å². The second kappa shape index (κ2) is 5.52. The Morgan fingerprint density at radius 3 is 2.41 bits per heavy atom. The van der Waals surface area contributed by atoms with Gasteiger partial charge in [0, 0.05) is 6.42 Å². The first kappa shape index (κ1) is 14.0. The van der Waals surface area contributed by atoms with Crippen molar-refractivity contribution in [1.82, 2.24) is 0 Å². The van der Waals surface area contributed by atoms with E-state index in [0.29, 0.717) is 18.8 Å². The van der Waals surface area contributed by atoms with Crippen LogP contribution < -0.4 is 5.90 Å². The second-order valence-corrected chi connectivity index (χ2v) is 5.38. The Morgan fingerprint density at radius 2 is 1.94 bits per heavy atom. The van der Waals surface area contributed by atoms with Gasteiger partial charge in [-0.25, -0.2) is 5.90 Å². The molecule has 0 aliphatic heterocycles. The van der Waals surface area contributed by atoms with E-state index in [0.717, 1.165) is 17.5 Å². The van der Waals surface area contributed by atoms with Gasteiger partial charge in [-0.15, -0.1) is 0 Å². The van der Waals surface area contributed by atoms with Gasteiger partial charge >= 0.3 is 0 Å². The van der Waals surface area contributed by atoms with E-state index in [2.05, 4.69) is 38.6 Å². The molecule has 0 aliphatic carbocycles. The SMILES string of the molecule is CCc1cc(CCON)c(O)c(C(C)(C)C)c1. The van der Waals surface area contributed by atoms with Gasteiger partial charge in [-0.3, -0.25) is 0 Å². The third-order valence-corrected chi connectivity index (χ3v) is 2.95. The molecule has 0 saturated carbocycles. The Hall–Kier alpha value is -1.06. The first-order valence-corrected chi connectivity index (χ1v) is 6.07. The van der Waals surface area contributed by atoms with Crippen LogP contribution in [0.15, 0.2) is 12.1 Å². The van der Waals surface area contributed by atoms with Crippen LogP contribution in [0.4, 0.5) is 0 Å². The molecule has 0 fully saturated rings. The number of hydrogen-bond acceptors (Lipinski definition) is 3. The van der Waals surface area contributed by atoms with E-state index in [1.807, 2.05) is 6.07 Å². The largest absolute Gasteiger partial charge is 0.507 e. The number of benzene rings is 1. The first-order chi connectivity index (χ1) is 7.90. The van der Waals surface area contributed by atoms with Crippen molar-refractivity contribution >= 4 is 0 Å². The Balaban J connectivity index is 3.21. The number of aromatic hydroxyl groups is 1. The monoisotopic (exact) mass is 237 g/mol. The van der Waals surface area contributed by atoms with Gasteiger partial charge in [-0.05, 0) is 28.5 Å². The second-order valence-electron chi connectivity index (χ2n) is 5.38. The molecule has 17 heavy (non-hydrogen) atoms. The maximum Gasteiger partial charge on any atom is 0.122 e. The molecule has 1 aromatic rings. The minimum Gasteiger partial charge on any atom is -0.507 e. The molecule has 0 aromatic heterocycles. The maximum atomic E-state index is 10.3. The fourth-order valence-electron chi connectivity index (χ4n) is 1.90. The van der Waals surface area contributed by atoms with Crippen LogP contribution in [-0.4, -0.2) is 11.7 Å². The summed E-state index contributed by atoms with van der Waals surface area (Å²) in [6.07, 6.45) is 1.60. The zero-order valence-electron chi connectivity index (χ0n) is 11.2. The van der Waals surface area contributed by atoms with Gasteiger partial charge in [0.05, 0.1) is 6.61 Å². The molecule has 0 saturated heterocycles. The minimum atomic E-state index is -0.0619. The number of phenolic OH excluding ortho intramolecular Hbond substituents is 1. The molecule has 1 aromatic carbocycles. The Morgan fingerprint density at radius 1 is 1.29 bits per heavy atom. The van der Waals surface area contributed by atoms with E-state index >= 15 is 0 Å². The molecule has 0 aliphatic rings. The van der Waals surface area contributed by atoms with Gasteiger partial charge in [0.1, 0.15) is 5.75 Å². The standard InChI is InChI=1S/C14H23NO2/c1-5-10-8-11(6-7-17-15)13(16)12(9-10)14(2,3)4/h8-9,16H,5-7,15H2,1-4H3. The highest BCUT2D eigenvalue weighted by atomic mass is 16.6. The summed E-state index contributed by atoms with van der Waals surface area (Å²) in [6.45, 7) is 8.84. The molecule has 0 heterocycles. The summed E-state index contributed by atoms with van der Waals surface area (Å²) in [5.41, 5.74) is 3.08. The average molecular weight is 237 g/mol. The Bertz CT molecular complexity index is 381. The molecule has 3 heteroatoms. The number of aryl methyl sites for hydroxylation is 1. The molecule has 0 spiro atoms. The summed E-state index contributed by atoms with van der Waals surface area (Å²) >= 11 is 0. The molecule has 0 unspecified atom stereocenters. The van der Waals surface area contributed by atoms with Crippen molar-refractivity contribution in [2.24, 2.45) is 5.90 Å². The highest BCUT2D eigenvalue weighted by molar-refractivity contribution is 5.47. The van der Waals surface area contributed by atoms with Crippen LogP contribution in [0.25, 0.3) is 0 Å². The zero-order valence-corrected chi connectivity index (χ0v) is 11.2. The molecular weight excluding hydrogens is 214 g/mol. The first-order valence-electron chi connectivity index (χ1n) is 6.07. The Kier molecular flexibility index (Phi) is 4.54. The molecule has 0 atom stereocenters. The van der Waals surface area contributed by atoms with E-state index in [1.165, 1.54) is 5.56 Å². The lowest BCUT2D eigenvalue weighted by molar-refractivity contribution is 0.140. The normalized spacial score (nSPS) is 11.8. The van der Waals surface area contributed by atoms with Crippen molar-refractivity contribution in [3.63, 3.8) is 0 Å². The van der Waals surface area contributed by atoms with Crippen LogP contribution in [0.2, 0.25) is 0 Å². The molecule has 0 radical (unpaired) electrons. The minimum absolute atomic E-state index is 0.0619. The molecule has 0 bridgehead atoms. The highest BCUT2D eigenvalue weighted by Crippen LogP contribution is 2.34. The van der Waals surface area contributed by atoms with Crippen molar-refractivity contribution in [2.45, 2.75) is 46.0 Å². The van der Waals surface area contributed by atoms with Crippen LogP contribution >= 0.6 is 0 Å². The lowest BCUT2D eigenvalue weighted by Crippen LogP contribution is -2.13. The van der Waals surface area contributed by atoms with Crippen molar-refractivity contribution in [3.8, 4) is 5.75 Å². The fraction of sp³-hybridized carbons (Fsp3) is 0.571. The molecule has 0 amide bonds. The van der Waals surface area contributed by atoms with Crippen molar-refractivity contribution in [1.29, 1.82) is 0 Å². The summed E-state index contributed by atoms with van der Waals surface area (Å²) < 4.78 is 0. The number of nitrogens with two attached hydrogens (primary N) is 1. The van der Waals surface area contributed by atoms with Crippen molar-refractivity contribution in [2.75, 3.05) is 6.61 Å². The van der Waals surface area contributed by atoms with E-state index < -0.39 is 0 Å². The van der Waals surface area contributed by atoms with Crippen molar-refractivity contribution < 1.29 is 9.94 Å². The molecule has 3 N–H and O–H groups in total. The van der Waals surface area contributed by atoms with E-state index in [-0.39, 0.29) is 5.41 Å². The number of rotatable bonds is 4. The third-order valence-electron chi connectivity index (χ3n) is 2.95. The molecule has 3 nitrogen and oxygen atoms in total. The summed E-state index contributed by atoms with van der Waals surface area (Å²) in [7, 11) is 0. The smallest absolute Gasteiger partial charge is 0.122 e. The Labute approximate surface area is 104 Å². The molecule has 96 valence electrons. The van der Waals surface area contributed by atoms with Gasteiger partial charge in [0.2, 0.25) is 0 Å². The van der Waals surface area contributed by atoms with Crippen LogP contribution in [-0.2, 0) is 23.1 Å². The number of hydrogen-bond donors (Lipinski definition) is 2. The zero-order chi connectivity index (χ0) is 13.1. The van der Waals surface area contributed by atoms with E-state index in [4.69, 9.17) is 5.90 Å². The van der Waals surface area contributed by atoms with E-state index in [1.54, 1.807) is 0 Å². The van der Waals surface area contributed by atoms with Gasteiger partial charge < -0.3 is 9.94 Å². The van der Waals surface area contributed by atoms with Crippen LogP contribution in [0.3, 0.4) is 0 Å². The predicted octanol–water partition coefficient (Wildman–Crippen LogP) is 2.68. The van der Waals surface area contributed by atoms with Crippen LogP contribution in [0.1, 0.15) is 44.4 Å². The summed E-state index contributed by atoms with van der Waals surface area (Å²) in [5.74, 6) is 5.42. The third kappa shape index (κ3) is 3.45. The van der Waals surface area contributed by atoms with Crippen molar-refractivity contribution in [3.05, 3.63) is 28.8 Å². The molecule has 1 rings (SSSR count). The van der Waals surface area contributed by atoms with E-state index in [9.17, 15) is 5.11 Å². The van der Waals surface area contributed by atoms with Gasteiger partial charge in [0.15, 0.2) is 0 Å². The van der Waals surface area contributed by atoms with Crippen LogP contribution in [0.5, 0.6) is 5.75 Å². The lowest BCUT2D eigenvalue weighted by atomic mass is 9.83. The summed E-state index contributed by atoms with van der Waals surface area (Å²) in [6, 6.07) is 4.12.